The van der Waals surface area contributed by atoms with Crippen LogP contribution in [-0.2, 0) is 4.79 Å². The van der Waals surface area contributed by atoms with Crippen molar-refractivity contribution in [3.63, 3.8) is 0 Å². The number of benzene rings is 1. The normalized spacial score (nSPS) is 24.8. The molecule has 0 spiro atoms. The summed E-state index contributed by atoms with van der Waals surface area (Å²) < 4.78 is 1.22. The van der Waals surface area contributed by atoms with Gasteiger partial charge in [-0.15, -0.1) is 11.3 Å². The van der Waals surface area contributed by atoms with Crippen molar-refractivity contribution in [2.24, 2.45) is 5.92 Å². The summed E-state index contributed by atoms with van der Waals surface area (Å²) in [4.78, 5) is 20.1. The van der Waals surface area contributed by atoms with Gasteiger partial charge in [-0.05, 0) is 44.9 Å². The van der Waals surface area contributed by atoms with Crippen molar-refractivity contribution < 1.29 is 4.79 Å². The van der Waals surface area contributed by atoms with Gasteiger partial charge in [-0.1, -0.05) is 24.3 Å². The van der Waals surface area contributed by atoms with Crippen LogP contribution < -0.4 is 5.32 Å². The Kier molecular flexibility index (Phi) is 4.86. The summed E-state index contributed by atoms with van der Waals surface area (Å²) in [6, 6.07) is 8.82. The van der Waals surface area contributed by atoms with Crippen molar-refractivity contribution in [3.05, 3.63) is 41.4 Å². The summed E-state index contributed by atoms with van der Waals surface area (Å²) in [6.07, 6.45) is 8.25. The van der Waals surface area contributed by atoms with E-state index in [1.807, 2.05) is 13.1 Å². The number of carbonyl (C=O) groups is 1. The van der Waals surface area contributed by atoms with Gasteiger partial charge >= 0.3 is 0 Å². The fraction of sp³-hybridized carbons (Fsp3) is 0.500. The summed E-state index contributed by atoms with van der Waals surface area (Å²) in [5.41, 5.74) is 1.05. The second-order valence-corrected chi connectivity index (χ2v) is 8.13. The van der Waals surface area contributed by atoms with Crippen LogP contribution in [0.15, 0.2) is 36.4 Å². The number of allylic oxidation sites excluding steroid dienone is 2. The van der Waals surface area contributed by atoms with E-state index in [1.54, 1.807) is 11.3 Å². The van der Waals surface area contributed by atoms with E-state index in [1.165, 1.54) is 4.70 Å². The molecule has 132 valence electrons. The molecule has 0 saturated carbocycles. The number of aromatic nitrogens is 1. The van der Waals surface area contributed by atoms with Gasteiger partial charge < -0.3 is 10.2 Å². The maximum Gasteiger partial charge on any atom is 0.226 e. The van der Waals surface area contributed by atoms with E-state index in [0.29, 0.717) is 11.9 Å². The second-order valence-electron chi connectivity index (χ2n) is 7.06. The van der Waals surface area contributed by atoms with E-state index in [9.17, 15) is 4.79 Å². The van der Waals surface area contributed by atoms with Gasteiger partial charge in [0.25, 0.3) is 0 Å². The third-order valence-corrected chi connectivity index (χ3v) is 6.76. The van der Waals surface area contributed by atoms with E-state index in [4.69, 9.17) is 4.98 Å². The Bertz CT molecular complexity index is 743. The van der Waals surface area contributed by atoms with Crippen molar-refractivity contribution in [1.82, 2.24) is 15.2 Å². The summed E-state index contributed by atoms with van der Waals surface area (Å²) in [5.74, 6) is 0.580. The van der Waals surface area contributed by atoms with Crippen LogP contribution in [0.25, 0.3) is 10.2 Å². The number of amides is 1. The Hall–Kier alpha value is -1.72. The van der Waals surface area contributed by atoms with Gasteiger partial charge in [-0.3, -0.25) is 4.79 Å². The molecule has 1 aliphatic carbocycles. The number of rotatable bonds is 3. The molecule has 1 aromatic heterocycles. The van der Waals surface area contributed by atoms with Gasteiger partial charge in [0.1, 0.15) is 0 Å². The molecule has 2 aromatic rings. The molecule has 1 fully saturated rings. The topological polar surface area (TPSA) is 45.2 Å². The summed E-state index contributed by atoms with van der Waals surface area (Å²) in [6.45, 7) is 1.74. The molecule has 2 unspecified atom stereocenters. The molecular weight excluding hydrogens is 330 g/mol. The molecule has 5 heteroatoms. The molecule has 2 aliphatic rings. The Morgan fingerprint density at radius 1 is 1.20 bits per heavy atom. The van der Waals surface area contributed by atoms with Gasteiger partial charge in [-0.25, -0.2) is 4.98 Å². The molecule has 1 aromatic carbocycles. The first kappa shape index (κ1) is 16.7. The predicted molar refractivity (Wildman–Crippen MR) is 103 cm³/mol. The zero-order valence-electron chi connectivity index (χ0n) is 14.6. The van der Waals surface area contributed by atoms with E-state index in [0.717, 1.165) is 49.3 Å². The Labute approximate surface area is 152 Å². The largest absolute Gasteiger partial charge is 0.342 e. The molecular formula is C20H25N3OS. The molecule has 1 amide bonds. The van der Waals surface area contributed by atoms with E-state index >= 15 is 0 Å². The van der Waals surface area contributed by atoms with Crippen molar-refractivity contribution >= 4 is 27.5 Å². The molecule has 0 bridgehead atoms. The molecule has 2 heterocycles. The minimum atomic E-state index is 0.0386. The lowest BCUT2D eigenvalue weighted by Crippen LogP contribution is -2.47. The predicted octanol–water partition coefficient (Wildman–Crippen LogP) is 3.56. The van der Waals surface area contributed by atoms with Crippen LogP contribution in [0.4, 0.5) is 0 Å². The number of hydrogen-bond acceptors (Lipinski definition) is 4. The van der Waals surface area contributed by atoms with Gasteiger partial charge in [0.15, 0.2) is 0 Å². The van der Waals surface area contributed by atoms with Gasteiger partial charge in [0.2, 0.25) is 5.91 Å². The summed E-state index contributed by atoms with van der Waals surface area (Å²) in [5, 5.41) is 4.45. The van der Waals surface area contributed by atoms with Crippen LogP contribution in [0.5, 0.6) is 0 Å². The highest BCUT2D eigenvalue weighted by atomic mass is 32.1. The summed E-state index contributed by atoms with van der Waals surface area (Å²) >= 11 is 1.75. The number of carbonyl (C=O) groups excluding carboxylic acids is 1. The molecule has 4 nitrogen and oxygen atoms in total. The van der Waals surface area contributed by atoms with E-state index < -0.39 is 0 Å². The molecule has 1 saturated heterocycles. The maximum atomic E-state index is 13.2. The molecule has 2 atom stereocenters. The van der Waals surface area contributed by atoms with Gasteiger partial charge in [-0.2, -0.15) is 0 Å². The highest BCUT2D eigenvalue weighted by Crippen LogP contribution is 2.39. The maximum absolute atomic E-state index is 13.2. The second kappa shape index (κ2) is 7.26. The number of piperidine rings is 1. The highest BCUT2D eigenvalue weighted by molar-refractivity contribution is 7.18. The number of para-hydroxylation sites is 1. The fourth-order valence-corrected chi connectivity index (χ4v) is 5.18. The minimum Gasteiger partial charge on any atom is -0.342 e. The molecule has 1 N–H and O–H groups in total. The van der Waals surface area contributed by atoms with Crippen LogP contribution in [0, 0.1) is 5.92 Å². The zero-order chi connectivity index (χ0) is 17.2. The lowest BCUT2D eigenvalue weighted by atomic mass is 9.82. The molecule has 1 aliphatic heterocycles. The first-order valence-corrected chi connectivity index (χ1v) is 10.0. The van der Waals surface area contributed by atoms with Gasteiger partial charge in [0, 0.05) is 25.0 Å². The van der Waals surface area contributed by atoms with Crippen LogP contribution >= 0.6 is 11.3 Å². The average molecular weight is 356 g/mol. The van der Waals surface area contributed by atoms with Crippen LogP contribution in [0.3, 0.4) is 0 Å². The van der Waals surface area contributed by atoms with E-state index in [-0.39, 0.29) is 11.8 Å². The quantitative estimate of drug-likeness (QED) is 0.857. The first-order valence-electron chi connectivity index (χ1n) is 9.23. The number of likely N-dealkylation sites (tertiary alicyclic amines) is 1. The minimum absolute atomic E-state index is 0.0386. The summed E-state index contributed by atoms with van der Waals surface area (Å²) in [7, 11) is 2.01. The van der Waals surface area contributed by atoms with Gasteiger partial charge in [0.05, 0.1) is 21.1 Å². The standard InChI is InChI=1S/C20H25N3OS/c1-21-14-10-12-23(13-11-14)20(24)16-7-3-2-6-15(16)19-22-17-8-4-5-9-18(17)25-19/h2-5,8-9,14-16,21H,6-7,10-13H2,1H3. The average Bonchev–Trinajstić information content (AvgIpc) is 3.11. The first-order chi connectivity index (χ1) is 12.3. The third kappa shape index (κ3) is 3.35. The molecule has 25 heavy (non-hydrogen) atoms. The van der Waals surface area contributed by atoms with Crippen molar-refractivity contribution in [2.75, 3.05) is 20.1 Å². The van der Waals surface area contributed by atoms with E-state index in [2.05, 4.69) is 40.6 Å². The Balaban J connectivity index is 1.55. The lowest BCUT2D eigenvalue weighted by molar-refractivity contribution is -0.137. The fourth-order valence-electron chi connectivity index (χ4n) is 4.03. The zero-order valence-corrected chi connectivity index (χ0v) is 15.5. The third-order valence-electron chi connectivity index (χ3n) is 5.59. The van der Waals surface area contributed by atoms with Crippen molar-refractivity contribution in [1.29, 1.82) is 0 Å². The van der Waals surface area contributed by atoms with Crippen molar-refractivity contribution in [2.45, 2.75) is 37.6 Å². The highest BCUT2D eigenvalue weighted by Gasteiger charge is 2.35. The van der Waals surface area contributed by atoms with Crippen LogP contribution in [-0.4, -0.2) is 42.0 Å². The number of fused-ring (bicyclic) bond motifs is 1. The lowest BCUT2D eigenvalue weighted by Gasteiger charge is -2.36. The van der Waals surface area contributed by atoms with Crippen molar-refractivity contribution in [3.8, 4) is 0 Å². The Morgan fingerprint density at radius 2 is 1.96 bits per heavy atom. The molecule has 0 radical (unpaired) electrons. The Morgan fingerprint density at radius 3 is 2.72 bits per heavy atom. The smallest absolute Gasteiger partial charge is 0.226 e. The molecule has 4 rings (SSSR count). The number of nitrogens with zero attached hydrogens (tertiary/aromatic N) is 2. The van der Waals surface area contributed by atoms with Crippen LogP contribution in [0.1, 0.15) is 36.6 Å². The number of thiazole rings is 1. The van der Waals surface area contributed by atoms with Crippen LogP contribution in [0.2, 0.25) is 0 Å². The SMILES string of the molecule is CNC1CCN(C(=O)C2CC=CCC2c2nc3ccccc3s2)CC1. The number of hydrogen-bond donors (Lipinski definition) is 1. The number of nitrogens with one attached hydrogen (secondary N) is 1. The monoisotopic (exact) mass is 355 g/mol.